The molecule has 8 heteroatoms. The van der Waals surface area contributed by atoms with Crippen LogP contribution < -0.4 is 9.62 Å². The number of carbonyl (C=O) groups is 1. The maximum absolute atomic E-state index is 13.2. The Labute approximate surface area is 178 Å². The van der Waals surface area contributed by atoms with Crippen molar-refractivity contribution in [2.75, 3.05) is 31.0 Å². The molecule has 0 spiro atoms. The third kappa shape index (κ3) is 4.13. The molecule has 0 aromatic heterocycles. The van der Waals surface area contributed by atoms with E-state index in [0.717, 1.165) is 24.1 Å². The quantitative estimate of drug-likeness (QED) is 0.801. The van der Waals surface area contributed by atoms with Crippen LogP contribution in [0.3, 0.4) is 0 Å². The van der Waals surface area contributed by atoms with E-state index in [-0.39, 0.29) is 29.3 Å². The van der Waals surface area contributed by atoms with Crippen LogP contribution in [0.2, 0.25) is 0 Å². The van der Waals surface area contributed by atoms with Gasteiger partial charge in [0.15, 0.2) is 0 Å². The summed E-state index contributed by atoms with van der Waals surface area (Å²) in [6.07, 6.45) is 2.69. The van der Waals surface area contributed by atoms with Crippen LogP contribution in [-0.4, -0.2) is 51.9 Å². The molecule has 1 saturated heterocycles. The van der Waals surface area contributed by atoms with Crippen LogP contribution in [0.4, 0.5) is 5.69 Å². The Hall–Kier alpha value is -2.09. The molecule has 6 nitrogen and oxygen atoms in total. The molecule has 0 saturated carbocycles. The number of piperidine rings is 1. The van der Waals surface area contributed by atoms with Crippen LogP contribution in [0.1, 0.15) is 28.8 Å². The van der Waals surface area contributed by atoms with Crippen molar-refractivity contribution >= 4 is 34.0 Å². The SMILES string of the molecule is CNC1CCCN(C(=O)c2cccc(S(=O)(=O)N3CCc4ccccc43)c2)C1.Cl. The summed E-state index contributed by atoms with van der Waals surface area (Å²) >= 11 is 0. The lowest BCUT2D eigenvalue weighted by molar-refractivity contribution is 0.0698. The molecular weight excluding hydrogens is 410 g/mol. The molecule has 0 radical (unpaired) electrons. The third-order valence-electron chi connectivity index (χ3n) is 5.63. The van der Waals surface area contributed by atoms with E-state index < -0.39 is 10.0 Å². The Morgan fingerprint density at radius 2 is 1.90 bits per heavy atom. The van der Waals surface area contributed by atoms with Crippen LogP contribution in [0.15, 0.2) is 53.4 Å². The summed E-state index contributed by atoms with van der Waals surface area (Å²) in [7, 11) is -1.80. The van der Waals surface area contributed by atoms with Crippen LogP contribution in [-0.2, 0) is 16.4 Å². The van der Waals surface area contributed by atoms with Crippen LogP contribution in [0.5, 0.6) is 0 Å². The van der Waals surface area contributed by atoms with E-state index in [0.29, 0.717) is 31.6 Å². The molecule has 1 amide bonds. The number of sulfonamides is 1. The fourth-order valence-corrected chi connectivity index (χ4v) is 5.60. The van der Waals surface area contributed by atoms with Gasteiger partial charge in [-0.25, -0.2) is 8.42 Å². The molecule has 0 aliphatic carbocycles. The van der Waals surface area contributed by atoms with Crippen molar-refractivity contribution in [3.05, 3.63) is 59.7 Å². The van der Waals surface area contributed by atoms with Gasteiger partial charge in [-0.2, -0.15) is 0 Å². The number of benzene rings is 2. The third-order valence-corrected chi connectivity index (χ3v) is 7.44. The number of hydrogen-bond donors (Lipinski definition) is 1. The molecule has 2 aliphatic rings. The zero-order valence-corrected chi connectivity index (χ0v) is 18.0. The topological polar surface area (TPSA) is 69.7 Å². The lowest BCUT2D eigenvalue weighted by Gasteiger charge is -2.32. The minimum Gasteiger partial charge on any atom is -0.337 e. The lowest BCUT2D eigenvalue weighted by atomic mass is 10.0. The van der Waals surface area contributed by atoms with Gasteiger partial charge >= 0.3 is 0 Å². The summed E-state index contributed by atoms with van der Waals surface area (Å²) in [5, 5.41) is 3.23. The molecule has 1 unspecified atom stereocenters. The number of likely N-dealkylation sites (tertiary alicyclic amines) is 1. The Balaban J connectivity index is 0.00000240. The Bertz CT molecular complexity index is 996. The smallest absolute Gasteiger partial charge is 0.264 e. The van der Waals surface area contributed by atoms with E-state index in [1.165, 1.54) is 10.4 Å². The fraction of sp³-hybridized carbons (Fsp3) is 0.381. The molecule has 0 bridgehead atoms. The van der Waals surface area contributed by atoms with Gasteiger partial charge < -0.3 is 10.2 Å². The maximum atomic E-state index is 13.2. The van der Waals surface area contributed by atoms with Gasteiger partial charge in [0.05, 0.1) is 10.6 Å². The molecule has 2 aromatic rings. The highest BCUT2D eigenvalue weighted by atomic mass is 35.5. The second kappa shape index (κ2) is 8.73. The van der Waals surface area contributed by atoms with Crippen molar-refractivity contribution < 1.29 is 13.2 Å². The van der Waals surface area contributed by atoms with Gasteiger partial charge in [0.1, 0.15) is 0 Å². The summed E-state index contributed by atoms with van der Waals surface area (Å²) in [6, 6.07) is 14.3. The number of nitrogens with one attached hydrogen (secondary N) is 1. The van der Waals surface area contributed by atoms with E-state index in [1.807, 2.05) is 36.2 Å². The molecule has 2 aromatic carbocycles. The van der Waals surface area contributed by atoms with Crippen molar-refractivity contribution in [2.45, 2.75) is 30.2 Å². The summed E-state index contributed by atoms with van der Waals surface area (Å²) < 4.78 is 27.9. The van der Waals surface area contributed by atoms with E-state index in [1.54, 1.807) is 18.2 Å². The Morgan fingerprint density at radius 1 is 1.10 bits per heavy atom. The van der Waals surface area contributed by atoms with E-state index >= 15 is 0 Å². The zero-order valence-electron chi connectivity index (χ0n) is 16.4. The van der Waals surface area contributed by atoms with E-state index in [2.05, 4.69) is 5.32 Å². The first-order chi connectivity index (χ1) is 13.5. The highest BCUT2D eigenvalue weighted by Gasteiger charge is 2.31. The van der Waals surface area contributed by atoms with E-state index in [4.69, 9.17) is 0 Å². The Morgan fingerprint density at radius 3 is 2.69 bits per heavy atom. The van der Waals surface area contributed by atoms with Crippen LogP contribution in [0.25, 0.3) is 0 Å². The number of nitrogens with zero attached hydrogens (tertiary/aromatic N) is 2. The second-order valence-electron chi connectivity index (χ2n) is 7.36. The van der Waals surface area contributed by atoms with E-state index in [9.17, 15) is 13.2 Å². The number of amides is 1. The van der Waals surface area contributed by atoms with Gasteiger partial charge in [0, 0.05) is 31.2 Å². The summed E-state index contributed by atoms with van der Waals surface area (Å²) in [5.74, 6) is -0.112. The Kier molecular flexibility index (Phi) is 6.51. The molecule has 1 N–H and O–H groups in total. The number of para-hydroxylation sites is 1. The average Bonchev–Trinajstić information content (AvgIpc) is 3.18. The number of hydrogen-bond acceptors (Lipinski definition) is 4. The predicted octanol–water partition coefficient (Wildman–Crippen LogP) is 2.68. The fourth-order valence-electron chi connectivity index (χ4n) is 4.05. The zero-order chi connectivity index (χ0) is 19.7. The molecule has 156 valence electrons. The minimum atomic E-state index is -3.70. The van der Waals surface area contributed by atoms with Crippen molar-refractivity contribution in [3.8, 4) is 0 Å². The normalized spacial score (nSPS) is 18.9. The maximum Gasteiger partial charge on any atom is 0.264 e. The van der Waals surface area contributed by atoms with Crippen molar-refractivity contribution in [1.82, 2.24) is 10.2 Å². The van der Waals surface area contributed by atoms with Gasteiger partial charge in [-0.05, 0) is 56.1 Å². The summed E-state index contributed by atoms with van der Waals surface area (Å²) in [5.41, 5.74) is 2.18. The number of anilines is 1. The minimum absolute atomic E-state index is 0. The number of likely N-dealkylation sites (N-methyl/N-ethyl adjacent to an activating group) is 1. The van der Waals surface area contributed by atoms with Crippen molar-refractivity contribution in [1.29, 1.82) is 0 Å². The van der Waals surface area contributed by atoms with Gasteiger partial charge in [-0.1, -0.05) is 24.3 Å². The molecule has 2 heterocycles. The van der Waals surface area contributed by atoms with Gasteiger partial charge in [0.25, 0.3) is 15.9 Å². The molecule has 1 atom stereocenters. The van der Waals surface area contributed by atoms with Gasteiger partial charge in [-0.15, -0.1) is 12.4 Å². The van der Waals surface area contributed by atoms with Crippen LogP contribution in [0, 0.1) is 0 Å². The largest absolute Gasteiger partial charge is 0.337 e. The molecule has 1 fully saturated rings. The summed E-state index contributed by atoms with van der Waals surface area (Å²) in [6.45, 7) is 1.77. The van der Waals surface area contributed by atoms with Gasteiger partial charge in [0.2, 0.25) is 0 Å². The average molecular weight is 436 g/mol. The molecule has 2 aliphatic heterocycles. The number of halogens is 1. The monoisotopic (exact) mass is 435 g/mol. The van der Waals surface area contributed by atoms with Crippen molar-refractivity contribution in [3.63, 3.8) is 0 Å². The number of rotatable bonds is 4. The van der Waals surface area contributed by atoms with Crippen LogP contribution >= 0.6 is 12.4 Å². The number of fused-ring (bicyclic) bond motifs is 1. The first-order valence-corrected chi connectivity index (χ1v) is 11.1. The first-order valence-electron chi connectivity index (χ1n) is 9.68. The highest BCUT2D eigenvalue weighted by Crippen LogP contribution is 2.32. The number of carbonyl (C=O) groups excluding carboxylic acids is 1. The molecular formula is C21H26ClN3O3S. The molecule has 29 heavy (non-hydrogen) atoms. The molecule has 4 rings (SSSR count). The summed E-state index contributed by atoms with van der Waals surface area (Å²) in [4.78, 5) is 14.9. The second-order valence-corrected chi connectivity index (χ2v) is 9.23. The standard InChI is InChI=1S/C21H25N3O3S.ClH/c1-22-18-8-5-12-23(15-18)21(25)17-7-4-9-19(14-17)28(26,27)24-13-11-16-6-2-3-10-20(16)24;/h2-4,6-7,9-10,14,18,22H,5,8,11-13,15H2,1H3;1H. The predicted molar refractivity (Wildman–Crippen MR) is 116 cm³/mol. The van der Waals surface area contributed by atoms with Crippen molar-refractivity contribution in [2.24, 2.45) is 0 Å². The lowest BCUT2D eigenvalue weighted by Crippen LogP contribution is -2.47. The first kappa shape index (κ1) is 21.6. The highest BCUT2D eigenvalue weighted by molar-refractivity contribution is 7.92. The van der Waals surface area contributed by atoms with Gasteiger partial charge in [-0.3, -0.25) is 9.10 Å².